The van der Waals surface area contributed by atoms with E-state index >= 15 is 0 Å². The molecule has 0 aliphatic carbocycles. The van der Waals surface area contributed by atoms with Gasteiger partial charge in [0, 0.05) is 22.2 Å². The number of hydrogen-bond acceptors (Lipinski definition) is 3. The van der Waals surface area contributed by atoms with Crippen molar-refractivity contribution in [1.29, 1.82) is 0 Å². The van der Waals surface area contributed by atoms with E-state index in [9.17, 15) is 22.8 Å². The third-order valence-electron chi connectivity index (χ3n) is 3.99. The number of methoxy groups -OCH3 is 1. The van der Waals surface area contributed by atoms with E-state index in [0.29, 0.717) is 11.3 Å². The van der Waals surface area contributed by atoms with Gasteiger partial charge in [0.05, 0.1) is 7.11 Å². The summed E-state index contributed by atoms with van der Waals surface area (Å²) >= 11 is 11.8. The van der Waals surface area contributed by atoms with Crippen molar-refractivity contribution in [2.45, 2.75) is 25.1 Å². The third-order valence-corrected chi connectivity index (χ3v) is 4.42. The minimum atomic E-state index is -5.15. The minimum Gasteiger partial charge on any atom is -0.497 e. The molecular weight excluding hydrogens is 432 g/mol. The van der Waals surface area contributed by atoms with E-state index in [0.717, 1.165) is 0 Å². The summed E-state index contributed by atoms with van der Waals surface area (Å²) in [6.07, 6.45) is -5.36. The quantitative estimate of drug-likeness (QED) is 0.677. The van der Waals surface area contributed by atoms with E-state index in [2.05, 4.69) is 5.32 Å². The van der Waals surface area contributed by atoms with Crippen LogP contribution in [0.3, 0.4) is 0 Å². The van der Waals surface area contributed by atoms with Crippen LogP contribution in [0.25, 0.3) is 0 Å². The molecule has 0 heterocycles. The molecule has 29 heavy (non-hydrogen) atoms. The van der Waals surface area contributed by atoms with E-state index in [1.54, 1.807) is 29.6 Å². The van der Waals surface area contributed by atoms with Gasteiger partial charge in [-0.25, -0.2) is 0 Å². The van der Waals surface area contributed by atoms with Crippen LogP contribution < -0.4 is 15.4 Å². The average molecular weight is 449 g/mol. The largest absolute Gasteiger partial charge is 0.497 e. The molecule has 0 bridgehead atoms. The van der Waals surface area contributed by atoms with Crippen LogP contribution in [0.5, 0.6) is 5.75 Å². The van der Waals surface area contributed by atoms with Crippen molar-refractivity contribution in [3.05, 3.63) is 58.1 Å². The Balaban J connectivity index is 2.33. The molecular formula is C19H17Cl2F3N2O3. The van der Waals surface area contributed by atoms with Crippen molar-refractivity contribution in [3.63, 3.8) is 0 Å². The number of benzene rings is 2. The van der Waals surface area contributed by atoms with Gasteiger partial charge in [-0.05, 0) is 42.8 Å². The van der Waals surface area contributed by atoms with Crippen LogP contribution in [-0.2, 0) is 16.0 Å². The Kier molecular flexibility index (Phi) is 7.02. The zero-order valence-electron chi connectivity index (χ0n) is 15.4. The van der Waals surface area contributed by atoms with Crippen molar-refractivity contribution >= 4 is 40.7 Å². The number of alkyl halides is 3. The molecule has 0 saturated heterocycles. The lowest BCUT2D eigenvalue weighted by atomic mass is 9.91. The Morgan fingerprint density at radius 3 is 2.03 bits per heavy atom. The topological polar surface area (TPSA) is 67.4 Å². The minimum absolute atomic E-state index is 0.176. The van der Waals surface area contributed by atoms with Gasteiger partial charge >= 0.3 is 12.1 Å². The molecule has 0 saturated carbocycles. The van der Waals surface area contributed by atoms with Gasteiger partial charge in [-0.1, -0.05) is 35.3 Å². The lowest BCUT2D eigenvalue weighted by Gasteiger charge is -2.30. The molecule has 10 heteroatoms. The Hall–Kier alpha value is -2.45. The van der Waals surface area contributed by atoms with Crippen LogP contribution in [0.4, 0.5) is 18.9 Å². The normalized spacial score (nSPS) is 13.3. The van der Waals surface area contributed by atoms with E-state index in [1.807, 2.05) is 0 Å². The van der Waals surface area contributed by atoms with Gasteiger partial charge in [0.1, 0.15) is 11.3 Å². The summed E-state index contributed by atoms with van der Waals surface area (Å²) in [6, 6.07) is 10.5. The SMILES string of the molecule is COc1ccc(CC(C)(NC(=O)C(F)(F)F)C(=O)Nc2cc(Cl)cc(Cl)c2)cc1. The second-order valence-corrected chi connectivity index (χ2v) is 7.29. The number of carbonyl (C=O) groups excluding carboxylic acids is 2. The number of halogens is 5. The maximum atomic E-state index is 12.8. The number of nitrogens with one attached hydrogen (secondary N) is 2. The van der Waals surface area contributed by atoms with E-state index in [-0.39, 0.29) is 22.2 Å². The molecule has 1 atom stereocenters. The highest BCUT2D eigenvalue weighted by Crippen LogP contribution is 2.25. The van der Waals surface area contributed by atoms with E-state index in [4.69, 9.17) is 27.9 Å². The van der Waals surface area contributed by atoms with Crippen LogP contribution in [0.15, 0.2) is 42.5 Å². The first-order valence-corrected chi connectivity index (χ1v) is 8.98. The highest BCUT2D eigenvalue weighted by molar-refractivity contribution is 6.35. The molecule has 0 radical (unpaired) electrons. The fraction of sp³-hybridized carbons (Fsp3) is 0.263. The summed E-state index contributed by atoms with van der Waals surface area (Å²) in [4.78, 5) is 24.4. The molecule has 0 aromatic heterocycles. The fourth-order valence-electron chi connectivity index (χ4n) is 2.55. The molecule has 2 N–H and O–H groups in total. The highest BCUT2D eigenvalue weighted by Gasteiger charge is 2.45. The number of carbonyl (C=O) groups is 2. The Morgan fingerprint density at radius 1 is 1.00 bits per heavy atom. The van der Waals surface area contributed by atoms with Gasteiger partial charge in [-0.3, -0.25) is 9.59 Å². The lowest BCUT2D eigenvalue weighted by Crippen LogP contribution is -2.59. The van der Waals surface area contributed by atoms with Crippen LogP contribution in [-0.4, -0.2) is 30.6 Å². The number of ether oxygens (including phenoxy) is 1. The molecule has 1 unspecified atom stereocenters. The molecule has 2 rings (SSSR count). The maximum absolute atomic E-state index is 12.8. The molecule has 0 aliphatic heterocycles. The Morgan fingerprint density at radius 2 is 1.55 bits per heavy atom. The third kappa shape index (κ3) is 6.27. The molecule has 2 aromatic carbocycles. The molecule has 0 aliphatic rings. The number of anilines is 1. The Bertz CT molecular complexity index is 884. The predicted molar refractivity (Wildman–Crippen MR) is 104 cm³/mol. The number of rotatable bonds is 6. The van der Waals surface area contributed by atoms with Gasteiger partial charge in [0.25, 0.3) is 0 Å². The first-order valence-electron chi connectivity index (χ1n) is 8.23. The summed E-state index contributed by atoms with van der Waals surface area (Å²) < 4.78 is 43.5. The molecule has 2 aromatic rings. The molecule has 2 amide bonds. The second kappa shape index (κ2) is 8.92. The van der Waals surface area contributed by atoms with Gasteiger partial charge < -0.3 is 15.4 Å². The molecule has 5 nitrogen and oxygen atoms in total. The monoisotopic (exact) mass is 448 g/mol. The summed E-state index contributed by atoms with van der Waals surface area (Å²) in [6.45, 7) is 1.20. The van der Waals surface area contributed by atoms with Crippen LogP contribution in [0, 0.1) is 0 Å². The van der Waals surface area contributed by atoms with Crippen molar-refractivity contribution in [1.82, 2.24) is 5.32 Å². The summed E-state index contributed by atoms with van der Waals surface area (Å²) in [5.74, 6) is -2.56. The van der Waals surface area contributed by atoms with Crippen molar-refractivity contribution in [2.75, 3.05) is 12.4 Å². The van der Waals surface area contributed by atoms with Crippen LogP contribution >= 0.6 is 23.2 Å². The van der Waals surface area contributed by atoms with Crippen LogP contribution in [0.1, 0.15) is 12.5 Å². The zero-order valence-corrected chi connectivity index (χ0v) is 16.9. The fourth-order valence-corrected chi connectivity index (χ4v) is 3.08. The first-order chi connectivity index (χ1) is 13.4. The van der Waals surface area contributed by atoms with Gasteiger partial charge in [-0.2, -0.15) is 13.2 Å². The number of amides is 2. The number of hydrogen-bond donors (Lipinski definition) is 2. The van der Waals surface area contributed by atoms with Gasteiger partial charge in [-0.15, -0.1) is 0 Å². The zero-order chi connectivity index (χ0) is 21.8. The van der Waals surface area contributed by atoms with Gasteiger partial charge in [0.2, 0.25) is 5.91 Å². The summed E-state index contributed by atoms with van der Waals surface area (Å²) in [7, 11) is 1.46. The van der Waals surface area contributed by atoms with Crippen LogP contribution in [0.2, 0.25) is 10.0 Å². The first kappa shape index (κ1) is 22.8. The summed E-state index contributed by atoms with van der Waals surface area (Å²) in [5.41, 5.74) is -1.24. The molecule has 156 valence electrons. The van der Waals surface area contributed by atoms with E-state index < -0.39 is 23.5 Å². The average Bonchev–Trinajstić information content (AvgIpc) is 2.60. The van der Waals surface area contributed by atoms with Crippen molar-refractivity contribution < 1.29 is 27.5 Å². The summed E-state index contributed by atoms with van der Waals surface area (Å²) in [5, 5.41) is 4.69. The smallest absolute Gasteiger partial charge is 0.471 e. The standard InChI is InChI=1S/C19H17Cl2F3N2O3/c1-18(26-17(28)19(22,23)24,10-11-3-5-15(29-2)6-4-11)16(27)25-14-8-12(20)7-13(21)9-14/h3-9H,10H2,1-2H3,(H,25,27)(H,26,28). The predicted octanol–water partition coefficient (Wildman–Crippen LogP) is 4.62. The van der Waals surface area contributed by atoms with Gasteiger partial charge in [0.15, 0.2) is 0 Å². The van der Waals surface area contributed by atoms with E-state index in [1.165, 1.54) is 32.2 Å². The maximum Gasteiger partial charge on any atom is 0.471 e. The molecule has 0 spiro atoms. The van der Waals surface area contributed by atoms with Crippen molar-refractivity contribution in [3.8, 4) is 5.75 Å². The highest BCUT2D eigenvalue weighted by atomic mass is 35.5. The van der Waals surface area contributed by atoms with Crippen molar-refractivity contribution in [2.24, 2.45) is 0 Å². The second-order valence-electron chi connectivity index (χ2n) is 6.42. The molecule has 0 fully saturated rings. The Labute approximate surface area is 175 Å². The lowest BCUT2D eigenvalue weighted by molar-refractivity contribution is -0.176.